The van der Waals surface area contributed by atoms with Gasteiger partial charge in [0.25, 0.3) is 0 Å². The summed E-state index contributed by atoms with van der Waals surface area (Å²) in [5, 5.41) is 0. The first kappa shape index (κ1) is 15.4. The Morgan fingerprint density at radius 2 is 1.79 bits per heavy atom. The molecule has 0 N–H and O–H groups in total. The quantitative estimate of drug-likeness (QED) is 0.663. The summed E-state index contributed by atoms with van der Waals surface area (Å²) in [6, 6.07) is 15.2. The number of nitrogens with zero attached hydrogens (tertiary/aromatic N) is 2. The molecule has 1 saturated carbocycles. The van der Waals surface area contributed by atoms with E-state index in [0.29, 0.717) is 6.10 Å². The number of aromatic nitrogens is 2. The minimum atomic E-state index is 0.475. The molecule has 1 aliphatic rings. The fourth-order valence-corrected chi connectivity index (χ4v) is 3.53. The molecule has 0 unspecified atom stereocenters. The SMILES string of the molecule is Cc1ccc(-c2ccc3ncn(CCOC4CCCC4)c3c2)cc1. The minimum absolute atomic E-state index is 0.475. The molecule has 0 spiro atoms. The molecule has 124 valence electrons. The summed E-state index contributed by atoms with van der Waals surface area (Å²) in [4.78, 5) is 4.53. The number of hydrogen-bond donors (Lipinski definition) is 0. The third kappa shape index (κ3) is 3.22. The predicted molar refractivity (Wildman–Crippen MR) is 98.1 cm³/mol. The highest BCUT2D eigenvalue weighted by atomic mass is 16.5. The number of benzene rings is 2. The van der Waals surface area contributed by atoms with Crippen molar-refractivity contribution in [3.05, 3.63) is 54.4 Å². The highest BCUT2D eigenvalue weighted by Gasteiger charge is 2.15. The maximum Gasteiger partial charge on any atom is 0.0959 e. The Balaban J connectivity index is 1.53. The van der Waals surface area contributed by atoms with Crippen molar-refractivity contribution >= 4 is 11.0 Å². The van der Waals surface area contributed by atoms with Crippen molar-refractivity contribution in [3.63, 3.8) is 0 Å². The zero-order chi connectivity index (χ0) is 16.4. The van der Waals surface area contributed by atoms with Crippen LogP contribution in [0.1, 0.15) is 31.2 Å². The van der Waals surface area contributed by atoms with E-state index in [1.807, 2.05) is 6.33 Å². The van der Waals surface area contributed by atoms with Gasteiger partial charge in [-0.05, 0) is 43.0 Å². The van der Waals surface area contributed by atoms with Crippen molar-refractivity contribution in [2.24, 2.45) is 0 Å². The average Bonchev–Trinajstić information content (AvgIpc) is 3.25. The molecule has 4 rings (SSSR count). The lowest BCUT2D eigenvalue weighted by Gasteiger charge is -2.12. The Morgan fingerprint density at radius 1 is 1.04 bits per heavy atom. The second kappa shape index (κ2) is 6.78. The van der Waals surface area contributed by atoms with Gasteiger partial charge in [-0.2, -0.15) is 0 Å². The van der Waals surface area contributed by atoms with Crippen LogP contribution in [-0.4, -0.2) is 22.3 Å². The Bertz CT molecular complexity index is 813. The lowest BCUT2D eigenvalue weighted by atomic mass is 10.0. The molecule has 2 aromatic carbocycles. The number of fused-ring (bicyclic) bond motifs is 1. The molecule has 3 nitrogen and oxygen atoms in total. The second-order valence-corrected chi connectivity index (χ2v) is 6.78. The number of rotatable bonds is 5. The molecule has 0 bridgehead atoms. The van der Waals surface area contributed by atoms with Gasteiger partial charge in [0.2, 0.25) is 0 Å². The predicted octanol–water partition coefficient (Wildman–Crippen LogP) is 4.97. The lowest BCUT2D eigenvalue weighted by Crippen LogP contribution is -2.12. The van der Waals surface area contributed by atoms with E-state index in [-0.39, 0.29) is 0 Å². The fraction of sp³-hybridized carbons (Fsp3) is 0.381. The summed E-state index contributed by atoms with van der Waals surface area (Å²) < 4.78 is 8.21. The first-order valence-corrected chi connectivity index (χ1v) is 8.93. The Labute approximate surface area is 143 Å². The summed E-state index contributed by atoms with van der Waals surface area (Å²) in [6.07, 6.45) is 7.49. The van der Waals surface area contributed by atoms with Crippen molar-refractivity contribution in [3.8, 4) is 11.1 Å². The van der Waals surface area contributed by atoms with E-state index in [0.717, 1.165) is 18.7 Å². The molecule has 3 heteroatoms. The average molecular weight is 320 g/mol. The summed E-state index contributed by atoms with van der Waals surface area (Å²) >= 11 is 0. The highest BCUT2D eigenvalue weighted by Crippen LogP contribution is 2.25. The van der Waals surface area contributed by atoms with Gasteiger partial charge in [-0.25, -0.2) is 4.98 Å². The van der Waals surface area contributed by atoms with Gasteiger partial charge in [0.05, 0.1) is 30.1 Å². The molecule has 3 aromatic rings. The number of imidazole rings is 1. The molecule has 1 aromatic heterocycles. The van der Waals surface area contributed by atoms with Gasteiger partial charge >= 0.3 is 0 Å². The fourth-order valence-electron chi connectivity index (χ4n) is 3.53. The molecule has 24 heavy (non-hydrogen) atoms. The van der Waals surface area contributed by atoms with Gasteiger partial charge in [0, 0.05) is 6.54 Å². The van der Waals surface area contributed by atoms with Gasteiger partial charge in [0.15, 0.2) is 0 Å². The van der Waals surface area contributed by atoms with Gasteiger partial charge in [0.1, 0.15) is 0 Å². The van der Waals surface area contributed by atoms with E-state index in [9.17, 15) is 0 Å². The second-order valence-electron chi connectivity index (χ2n) is 6.78. The number of ether oxygens (including phenoxy) is 1. The van der Waals surface area contributed by atoms with E-state index < -0.39 is 0 Å². The molecule has 0 atom stereocenters. The van der Waals surface area contributed by atoms with Crippen molar-refractivity contribution < 1.29 is 4.74 Å². The van der Waals surface area contributed by atoms with Crippen LogP contribution in [0.5, 0.6) is 0 Å². The van der Waals surface area contributed by atoms with Crippen LogP contribution in [0, 0.1) is 6.92 Å². The van der Waals surface area contributed by atoms with E-state index in [2.05, 4.69) is 58.9 Å². The van der Waals surface area contributed by atoms with E-state index in [1.165, 1.54) is 47.9 Å². The zero-order valence-electron chi connectivity index (χ0n) is 14.2. The van der Waals surface area contributed by atoms with Crippen LogP contribution in [0.3, 0.4) is 0 Å². The van der Waals surface area contributed by atoms with Gasteiger partial charge in [-0.15, -0.1) is 0 Å². The van der Waals surface area contributed by atoms with E-state index in [1.54, 1.807) is 0 Å². The third-order valence-corrected chi connectivity index (χ3v) is 4.99. The number of aryl methyl sites for hydroxylation is 1. The van der Waals surface area contributed by atoms with Crippen LogP contribution < -0.4 is 0 Å². The Kier molecular flexibility index (Phi) is 4.35. The molecule has 1 heterocycles. The summed E-state index contributed by atoms with van der Waals surface area (Å²) in [6.45, 7) is 3.75. The van der Waals surface area contributed by atoms with E-state index in [4.69, 9.17) is 4.74 Å². The van der Waals surface area contributed by atoms with Crippen molar-refractivity contribution in [2.45, 2.75) is 45.3 Å². The van der Waals surface area contributed by atoms with Crippen LogP contribution in [0.15, 0.2) is 48.8 Å². The minimum Gasteiger partial charge on any atom is -0.376 e. The largest absolute Gasteiger partial charge is 0.376 e. The van der Waals surface area contributed by atoms with E-state index >= 15 is 0 Å². The Morgan fingerprint density at radius 3 is 2.58 bits per heavy atom. The standard InChI is InChI=1S/C21H24N2O/c1-16-6-8-17(9-7-16)18-10-11-20-21(14-18)23(15-22-20)12-13-24-19-4-2-3-5-19/h6-11,14-15,19H,2-5,12-13H2,1H3. The summed E-state index contributed by atoms with van der Waals surface area (Å²) in [7, 11) is 0. The highest BCUT2D eigenvalue weighted by molar-refractivity contribution is 5.82. The first-order valence-electron chi connectivity index (χ1n) is 8.93. The molecule has 1 aliphatic carbocycles. The van der Waals surface area contributed by atoms with Crippen LogP contribution in [0.2, 0.25) is 0 Å². The monoisotopic (exact) mass is 320 g/mol. The molecule has 1 fully saturated rings. The Hall–Kier alpha value is -2.13. The van der Waals surface area contributed by atoms with Crippen LogP contribution in [-0.2, 0) is 11.3 Å². The summed E-state index contributed by atoms with van der Waals surface area (Å²) in [5.74, 6) is 0. The topological polar surface area (TPSA) is 27.1 Å². The van der Waals surface area contributed by atoms with Gasteiger partial charge < -0.3 is 9.30 Å². The smallest absolute Gasteiger partial charge is 0.0959 e. The van der Waals surface area contributed by atoms with Crippen LogP contribution >= 0.6 is 0 Å². The van der Waals surface area contributed by atoms with Gasteiger partial charge in [-0.1, -0.05) is 48.7 Å². The number of hydrogen-bond acceptors (Lipinski definition) is 2. The zero-order valence-corrected chi connectivity index (χ0v) is 14.2. The molecular weight excluding hydrogens is 296 g/mol. The molecule has 0 amide bonds. The first-order chi connectivity index (χ1) is 11.8. The molecule has 0 radical (unpaired) electrons. The summed E-state index contributed by atoms with van der Waals surface area (Å²) in [5.41, 5.74) is 6.00. The van der Waals surface area contributed by atoms with Crippen molar-refractivity contribution in [1.29, 1.82) is 0 Å². The molecule has 0 aliphatic heterocycles. The van der Waals surface area contributed by atoms with Gasteiger partial charge in [-0.3, -0.25) is 0 Å². The third-order valence-electron chi connectivity index (χ3n) is 4.99. The van der Waals surface area contributed by atoms with Crippen LogP contribution in [0.25, 0.3) is 22.2 Å². The maximum absolute atomic E-state index is 6.00. The van der Waals surface area contributed by atoms with Crippen LogP contribution in [0.4, 0.5) is 0 Å². The maximum atomic E-state index is 6.00. The molecular formula is C21H24N2O. The van der Waals surface area contributed by atoms with Crippen molar-refractivity contribution in [1.82, 2.24) is 9.55 Å². The lowest BCUT2D eigenvalue weighted by molar-refractivity contribution is 0.0534. The van der Waals surface area contributed by atoms with Crippen molar-refractivity contribution in [2.75, 3.05) is 6.61 Å². The normalized spacial score (nSPS) is 15.4. The molecule has 0 saturated heterocycles.